The van der Waals surface area contributed by atoms with Crippen molar-refractivity contribution in [1.82, 2.24) is 9.55 Å². The van der Waals surface area contributed by atoms with Gasteiger partial charge in [-0.05, 0) is 30.3 Å². The van der Waals surface area contributed by atoms with Crippen LogP contribution in [0, 0.1) is 5.82 Å². The van der Waals surface area contributed by atoms with Crippen LogP contribution in [-0.4, -0.2) is 41.8 Å². The van der Waals surface area contributed by atoms with Crippen LogP contribution in [-0.2, 0) is 11.8 Å². The molecule has 7 heteroatoms. The second-order valence-corrected chi connectivity index (χ2v) is 6.20. The molecule has 1 saturated heterocycles. The molecule has 1 fully saturated rings. The highest BCUT2D eigenvalue weighted by Crippen LogP contribution is 2.25. The van der Waals surface area contributed by atoms with Crippen LogP contribution in [0.4, 0.5) is 16.0 Å². The molecule has 1 aliphatic heterocycles. The van der Waals surface area contributed by atoms with Gasteiger partial charge in [-0.25, -0.2) is 9.37 Å². The lowest BCUT2D eigenvalue weighted by Gasteiger charge is -2.30. The van der Waals surface area contributed by atoms with Gasteiger partial charge in [0, 0.05) is 25.8 Å². The monoisotopic (exact) mass is 354 g/mol. The molecule has 0 spiro atoms. The summed E-state index contributed by atoms with van der Waals surface area (Å²) in [7, 11) is 1.83. The van der Waals surface area contributed by atoms with Crippen molar-refractivity contribution >= 4 is 28.6 Å². The average molecular weight is 354 g/mol. The van der Waals surface area contributed by atoms with Crippen LogP contribution in [0.25, 0.3) is 11.0 Å². The van der Waals surface area contributed by atoms with E-state index in [0.29, 0.717) is 43.5 Å². The Hall–Kier alpha value is -2.93. The predicted molar refractivity (Wildman–Crippen MR) is 98.1 cm³/mol. The summed E-state index contributed by atoms with van der Waals surface area (Å²) in [6, 6.07) is 11.9. The number of anilines is 2. The molecule has 2 heterocycles. The fraction of sp³-hybridized carbons (Fsp3) is 0.263. The quantitative estimate of drug-likeness (QED) is 0.786. The summed E-state index contributed by atoms with van der Waals surface area (Å²) in [5.74, 6) is -0.407. The molecule has 6 nitrogen and oxygen atoms in total. The summed E-state index contributed by atoms with van der Waals surface area (Å²) in [5, 5.41) is 2.81. The highest BCUT2D eigenvalue weighted by atomic mass is 19.1. The second kappa shape index (κ2) is 6.76. The molecule has 0 saturated carbocycles. The standard InChI is InChI=1S/C19H19FN4O2/c1-23-17-5-3-2-4-15(17)21-19(23)22-18(25)14-12-13(20)6-7-16(14)24-8-10-26-11-9-24/h2-7,12H,8-11H2,1H3,(H,21,22,25). The Morgan fingerprint density at radius 2 is 1.96 bits per heavy atom. The minimum absolute atomic E-state index is 0.291. The number of halogens is 1. The minimum Gasteiger partial charge on any atom is -0.378 e. The third-order valence-corrected chi connectivity index (χ3v) is 4.57. The van der Waals surface area contributed by atoms with Gasteiger partial charge in [0.25, 0.3) is 5.91 Å². The van der Waals surface area contributed by atoms with E-state index in [9.17, 15) is 9.18 Å². The molecule has 4 rings (SSSR count). The number of hydrogen-bond acceptors (Lipinski definition) is 4. The number of amides is 1. The summed E-state index contributed by atoms with van der Waals surface area (Å²) < 4.78 is 21.0. The van der Waals surface area contributed by atoms with Gasteiger partial charge >= 0.3 is 0 Å². The van der Waals surface area contributed by atoms with Crippen LogP contribution in [0.3, 0.4) is 0 Å². The molecule has 3 aromatic rings. The van der Waals surface area contributed by atoms with Crippen molar-refractivity contribution in [3.8, 4) is 0 Å². The van der Waals surface area contributed by atoms with Gasteiger partial charge in [-0.1, -0.05) is 12.1 Å². The Morgan fingerprint density at radius 1 is 1.19 bits per heavy atom. The first-order chi connectivity index (χ1) is 12.6. The molecule has 1 amide bonds. The van der Waals surface area contributed by atoms with Gasteiger partial charge in [0.2, 0.25) is 5.95 Å². The van der Waals surface area contributed by atoms with Crippen molar-refractivity contribution in [3.05, 3.63) is 53.8 Å². The van der Waals surface area contributed by atoms with Crippen LogP contribution in [0.5, 0.6) is 0 Å². The summed E-state index contributed by atoms with van der Waals surface area (Å²) in [6.45, 7) is 2.50. The predicted octanol–water partition coefficient (Wildman–Crippen LogP) is 2.80. The van der Waals surface area contributed by atoms with Crippen LogP contribution in [0.1, 0.15) is 10.4 Å². The van der Waals surface area contributed by atoms with Gasteiger partial charge in [-0.3, -0.25) is 10.1 Å². The zero-order valence-corrected chi connectivity index (χ0v) is 14.4. The zero-order valence-electron chi connectivity index (χ0n) is 14.4. The van der Waals surface area contributed by atoms with E-state index >= 15 is 0 Å². The molecule has 1 aliphatic rings. The summed E-state index contributed by atoms with van der Waals surface area (Å²) >= 11 is 0. The van der Waals surface area contributed by atoms with E-state index < -0.39 is 5.82 Å². The number of carbonyl (C=O) groups is 1. The number of nitrogens with zero attached hydrogens (tertiary/aromatic N) is 3. The molecular formula is C19H19FN4O2. The van der Waals surface area contributed by atoms with Gasteiger partial charge in [0.05, 0.1) is 29.8 Å². The van der Waals surface area contributed by atoms with E-state index in [1.54, 1.807) is 10.6 Å². The number of hydrogen-bond donors (Lipinski definition) is 1. The molecule has 2 aromatic carbocycles. The Bertz CT molecular complexity index is 963. The maximum atomic E-state index is 13.8. The van der Waals surface area contributed by atoms with Crippen molar-refractivity contribution in [2.24, 2.45) is 7.05 Å². The highest BCUT2D eigenvalue weighted by molar-refractivity contribution is 6.08. The van der Waals surface area contributed by atoms with Crippen molar-refractivity contribution in [3.63, 3.8) is 0 Å². The third-order valence-electron chi connectivity index (χ3n) is 4.57. The van der Waals surface area contributed by atoms with Crippen LogP contribution in [0.2, 0.25) is 0 Å². The smallest absolute Gasteiger partial charge is 0.260 e. The SMILES string of the molecule is Cn1c(NC(=O)c2cc(F)ccc2N2CCOCC2)nc2ccccc21. The molecule has 134 valence electrons. The van der Waals surface area contributed by atoms with E-state index in [1.165, 1.54) is 12.1 Å². The number of nitrogens with one attached hydrogen (secondary N) is 1. The fourth-order valence-corrected chi connectivity index (χ4v) is 3.20. The topological polar surface area (TPSA) is 59.4 Å². The summed E-state index contributed by atoms with van der Waals surface area (Å²) in [6.07, 6.45) is 0. The van der Waals surface area contributed by atoms with E-state index in [0.717, 1.165) is 11.0 Å². The number of imidazole rings is 1. The fourth-order valence-electron chi connectivity index (χ4n) is 3.20. The van der Waals surface area contributed by atoms with E-state index in [4.69, 9.17) is 4.74 Å². The largest absolute Gasteiger partial charge is 0.378 e. The Labute approximate surface area is 150 Å². The van der Waals surface area contributed by atoms with Gasteiger partial charge in [0.15, 0.2) is 0 Å². The number of ether oxygens (including phenoxy) is 1. The second-order valence-electron chi connectivity index (χ2n) is 6.20. The van der Waals surface area contributed by atoms with Gasteiger partial charge in [0.1, 0.15) is 5.82 Å². The number of fused-ring (bicyclic) bond motifs is 1. The van der Waals surface area contributed by atoms with Crippen LogP contribution >= 0.6 is 0 Å². The lowest BCUT2D eigenvalue weighted by atomic mass is 10.1. The maximum Gasteiger partial charge on any atom is 0.260 e. The Balaban J connectivity index is 1.67. The molecule has 1 aromatic heterocycles. The van der Waals surface area contributed by atoms with E-state index in [1.807, 2.05) is 36.2 Å². The maximum absolute atomic E-state index is 13.8. The van der Waals surface area contributed by atoms with Gasteiger partial charge < -0.3 is 14.2 Å². The number of para-hydroxylation sites is 2. The Kier molecular flexibility index (Phi) is 4.30. The number of aromatic nitrogens is 2. The molecule has 0 bridgehead atoms. The summed E-state index contributed by atoms with van der Waals surface area (Å²) in [4.78, 5) is 19.4. The van der Waals surface area contributed by atoms with Crippen molar-refractivity contribution in [2.75, 3.05) is 36.5 Å². The number of rotatable bonds is 3. The first-order valence-corrected chi connectivity index (χ1v) is 8.48. The molecule has 0 aliphatic carbocycles. The number of aryl methyl sites for hydroxylation is 1. The summed E-state index contributed by atoms with van der Waals surface area (Å²) in [5.41, 5.74) is 2.69. The lowest BCUT2D eigenvalue weighted by molar-refractivity contribution is 0.102. The van der Waals surface area contributed by atoms with E-state index in [2.05, 4.69) is 10.3 Å². The molecule has 0 atom stereocenters. The molecule has 0 unspecified atom stereocenters. The molecule has 1 N–H and O–H groups in total. The number of morpholine rings is 1. The van der Waals surface area contributed by atoms with Crippen molar-refractivity contribution in [1.29, 1.82) is 0 Å². The highest BCUT2D eigenvalue weighted by Gasteiger charge is 2.21. The molecular weight excluding hydrogens is 335 g/mol. The molecule has 26 heavy (non-hydrogen) atoms. The average Bonchev–Trinajstić information content (AvgIpc) is 2.98. The van der Waals surface area contributed by atoms with E-state index in [-0.39, 0.29) is 5.91 Å². The van der Waals surface area contributed by atoms with Crippen molar-refractivity contribution < 1.29 is 13.9 Å². The van der Waals surface area contributed by atoms with Crippen LogP contribution < -0.4 is 10.2 Å². The minimum atomic E-state index is -0.447. The van der Waals surface area contributed by atoms with Gasteiger partial charge in [-0.15, -0.1) is 0 Å². The van der Waals surface area contributed by atoms with Crippen LogP contribution in [0.15, 0.2) is 42.5 Å². The normalized spacial score (nSPS) is 14.6. The lowest BCUT2D eigenvalue weighted by Crippen LogP contribution is -2.37. The number of carbonyl (C=O) groups excluding carboxylic acids is 1. The van der Waals surface area contributed by atoms with Gasteiger partial charge in [-0.2, -0.15) is 0 Å². The third kappa shape index (κ3) is 3.01. The first-order valence-electron chi connectivity index (χ1n) is 8.48. The zero-order chi connectivity index (χ0) is 18.1. The molecule has 0 radical (unpaired) electrons. The Morgan fingerprint density at radius 3 is 2.73 bits per heavy atom. The van der Waals surface area contributed by atoms with Crippen molar-refractivity contribution in [2.45, 2.75) is 0 Å². The first kappa shape index (κ1) is 16.5. The number of benzene rings is 2.